The van der Waals surface area contributed by atoms with Crippen LogP contribution in [0.15, 0.2) is 0 Å². The fraction of sp³-hybridized carbons (Fsp3) is 1.00. The van der Waals surface area contributed by atoms with Crippen molar-refractivity contribution in [3.8, 4) is 0 Å². The molecule has 0 aliphatic carbocycles. The zero-order chi connectivity index (χ0) is 17.0. The van der Waals surface area contributed by atoms with E-state index in [1.54, 1.807) is 0 Å². The van der Waals surface area contributed by atoms with Crippen LogP contribution in [0.4, 0.5) is 0 Å². The molecular formula is C16H40ClIrNP2+. The maximum absolute atomic E-state index is 4.83. The molecule has 0 aromatic heterocycles. The minimum absolute atomic E-state index is 0.197. The van der Waals surface area contributed by atoms with Gasteiger partial charge in [0.1, 0.15) is 0 Å². The molecule has 134 valence electrons. The van der Waals surface area contributed by atoms with Crippen molar-refractivity contribution in [2.75, 3.05) is 25.4 Å². The van der Waals surface area contributed by atoms with Crippen molar-refractivity contribution in [1.29, 1.82) is 0 Å². The quantitative estimate of drug-likeness (QED) is 0.256. The first kappa shape index (κ1) is 25.0. The SMILES string of the molecule is CC(C)[PH+](CC[N-]CC[PH+](C(C)C)C(C)C)C(C)C.[Cl][IrH2]. The molecule has 0 aromatic carbocycles. The molecule has 0 unspecified atom stereocenters. The summed E-state index contributed by atoms with van der Waals surface area (Å²) in [5, 5.41) is 4.83. The first-order valence-corrected chi connectivity index (χ1v) is 15.3. The Labute approximate surface area is 151 Å². The summed E-state index contributed by atoms with van der Waals surface area (Å²) in [6.07, 6.45) is 2.76. The van der Waals surface area contributed by atoms with E-state index in [2.05, 4.69) is 55.4 Å². The van der Waals surface area contributed by atoms with Crippen molar-refractivity contribution in [1.82, 2.24) is 0 Å². The number of hydrogen-bond donors (Lipinski definition) is 0. The van der Waals surface area contributed by atoms with Gasteiger partial charge in [0.2, 0.25) is 0 Å². The molecule has 0 aliphatic rings. The normalized spacial score (nSPS) is 12.0. The van der Waals surface area contributed by atoms with Gasteiger partial charge in [-0.1, -0.05) is 0 Å². The molecule has 0 saturated heterocycles. The molecule has 0 heterocycles. The van der Waals surface area contributed by atoms with Crippen molar-refractivity contribution in [3.05, 3.63) is 5.32 Å². The third-order valence-corrected chi connectivity index (χ3v) is 11.6. The van der Waals surface area contributed by atoms with E-state index in [0.717, 1.165) is 35.7 Å². The first-order valence-electron chi connectivity index (χ1n) is 8.26. The summed E-state index contributed by atoms with van der Waals surface area (Å²) in [5.74, 6) is 0. The van der Waals surface area contributed by atoms with Gasteiger partial charge in [-0.2, -0.15) is 0 Å². The Morgan fingerprint density at radius 3 is 1.10 bits per heavy atom. The van der Waals surface area contributed by atoms with Crippen LogP contribution in [0.5, 0.6) is 0 Å². The molecule has 21 heavy (non-hydrogen) atoms. The predicted octanol–water partition coefficient (Wildman–Crippen LogP) is 5.57. The Morgan fingerprint density at radius 2 is 0.905 bits per heavy atom. The summed E-state index contributed by atoms with van der Waals surface area (Å²) in [6, 6.07) is 0. The second-order valence-corrected chi connectivity index (χ2v) is 14.9. The van der Waals surface area contributed by atoms with Crippen LogP contribution in [0.2, 0.25) is 0 Å². The summed E-state index contributed by atoms with van der Waals surface area (Å²) >= 11 is 1.19. The van der Waals surface area contributed by atoms with E-state index in [-0.39, 0.29) is 15.8 Å². The Bertz CT molecular complexity index is 188. The first-order chi connectivity index (χ1) is 9.77. The average Bonchev–Trinajstić information content (AvgIpc) is 2.38. The van der Waals surface area contributed by atoms with E-state index in [0.29, 0.717) is 0 Å². The number of halogens is 1. The second-order valence-electron chi connectivity index (χ2n) is 6.94. The van der Waals surface area contributed by atoms with Gasteiger partial charge in [-0.25, -0.2) is 0 Å². The van der Waals surface area contributed by atoms with Crippen LogP contribution in [0, 0.1) is 0 Å². The van der Waals surface area contributed by atoms with Crippen LogP contribution >= 0.6 is 25.4 Å². The second kappa shape index (κ2) is 15.3. The van der Waals surface area contributed by atoms with Gasteiger partial charge in [0, 0.05) is 28.2 Å². The van der Waals surface area contributed by atoms with Crippen LogP contribution in [0.25, 0.3) is 5.32 Å². The van der Waals surface area contributed by atoms with E-state index in [1.165, 1.54) is 30.2 Å². The van der Waals surface area contributed by atoms with Gasteiger partial charge in [0.05, 0.1) is 22.6 Å². The van der Waals surface area contributed by atoms with Crippen molar-refractivity contribution in [2.45, 2.75) is 78.0 Å². The van der Waals surface area contributed by atoms with Crippen LogP contribution in [0.1, 0.15) is 55.4 Å². The van der Waals surface area contributed by atoms with Crippen molar-refractivity contribution < 1.29 is 17.9 Å². The topological polar surface area (TPSA) is 14.1 Å². The van der Waals surface area contributed by atoms with E-state index in [1.807, 2.05) is 0 Å². The van der Waals surface area contributed by atoms with Crippen LogP contribution < -0.4 is 0 Å². The third kappa shape index (κ3) is 12.8. The van der Waals surface area contributed by atoms with Crippen LogP contribution in [-0.2, 0) is 17.9 Å². The standard InChI is InChI=1S/C16H36NP2.ClH.Ir.2H/c1-13(2)18(14(3)4)11-9-17-10-12-19(15(5)6)16(7)8;;;;/h13-16H,9-12H2,1-8H3;1H;;;/q-1;;+1;;/p+1. The minimum atomic E-state index is -0.197. The number of nitrogens with zero attached hydrogens (tertiary/aromatic N) is 1. The molecule has 0 rings (SSSR count). The summed E-state index contributed by atoms with van der Waals surface area (Å²) in [5.41, 5.74) is 3.58. The molecule has 0 aliphatic heterocycles. The Kier molecular flexibility index (Phi) is 18.2. The fourth-order valence-corrected chi connectivity index (χ4v) is 8.82. The van der Waals surface area contributed by atoms with Gasteiger partial charge in [-0.15, -0.1) is 13.1 Å². The molecule has 0 aromatic rings. The van der Waals surface area contributed by atoms with Gasteiger partial charge >= 0.3 is 27.5 Å². The van der Waals surface area contributed by atoms with E-state index < -0.39 is 0 Å². The fourth-order valence-electron chi connectivity index (χ4n) is 3.02. The van der Waals surface area contributed by atoms with Crippen molar-refractivity contribution in [3.63, 3.8) is 0 Å². The summed E-state index contributed by atoms with van der Waals surface area (Å²) < 4.78 is 0. The Hall–Kier alpha value is 1.76. The van der Waals surface area contributed by atoms with Crippen LogP contribution in [-0.4, -0.2) is 48.0 Å². The van der Waals surface area contributed by atoms with Gasteiger partial charge in [0.25, 0.3) is 0 Å². The van der Waals surface area contributed by atoms with E-state index in [9.17, 15) is 0 Å². The third-order valence-electron chi connectivity index (χ3n) is 4.08. The van der Waals surface area contributed by atoms with Crippen molar-refractivity contribution in [2.24, 2.45) is 0 Å². The van der Waals surface area contributed by atoms with Crippen LogP contribution in [0.3, 0.4) is 0 Å². The summed E-state index contributed by atoms with van der Waals surface area (Å²) in [6.45, 7) is 21.4. The molecule has 0 saturated carbocycles. The Balaban J connectivity index is 0. The average molecular weight is 536 g/mol. The van der Waals surface area contributed by atoms with E-state index in [4.69, 9.17) is 14.9 Å². The van der Waals surface area contributed by atoms with Gasteiger partial charge in [-0.3, -0.25) is 0 Å². The summed E-state index contributed by atoms with van der Waals surface area (Å²) in [4.78, 5) is 0. The molecular weight excluding hydrogens is 496 g/mol. The monoisotopic (exact) mass is 536 g/mol. The molecule has 5 heteroatoms. The van der Waals surface area contributed by atoms with Crippen molar-refractivity contribution >= 4 is 25.4 Å². The zero-order valence-electron chi connectivity index (χ0n) is 15.3. The molecule has 0 bridgehead atoms. The molecule has 1 nitrogen and oxygen atoms in total. The summed E-state index contributed by atoms with van der Waals surface area (Å²) in [7, 11) is 4.30. The van der Waals surface area contributed by atoms with Gasteiger partial charge in [-0.05, 0) is 55.4 Å². The molecule has 0 atom stereocenters. The molecule has 0 radical (unpaired) electrons. The number of rotatable bonds is 10. The Morgan fingerprint density at radius 1 is 0.667 bits per heavy atom. The molecule has 0 amide bonds. The van der Waals surface area contributed by atoms with Gasteiger partial charge in [0.15, 0.2) is 0 Å². The maximum atomic E-state index is 4.83. The zero-order valence-corrected chi connectivity index (χ0v) is 20.8. The molecule has 0 spiro atoms. The van der Waals surface area contributed by atoms with Gasteiger partial charge < -0.3 is 5.32 Å². The number of hydrogen-bond acceptors (Lipinski definition) is 0. The predicted molar refractivity (Wildman–Crippen MR) is 109 cm³/mol. The molecule has 0 fully saturated rings. The molecule has 0 N–H and O–H groups in total. The van der Waals surface area contributed by atoms with E-state index >= 15 is 0 Å².